The van der Waals surface area contributed by atoms with E-state index in [1.807, 2.05) is 42.8 Å². The molecule has 0 spiro atoms. The highest BCUT2D eigenvalue weighted by Crippen LogP contribution is 2.29. The number of nitrogen functional groups attached to an aromatic ring is 1. The number of thiazole rings is 1. The van der Waals surface area contributed by atoms with E-state index in [2.05, 4.69) is 10.1 Å². The molecule has 3 aromatic heterocycles. The first kappa shape index (κ1) is 22.5. The van der Waals surface area contributed by atoms with Gasteiger partial charge in [-0.25, -0.2) is 15.0 Å². The minimum atomic E-state index is -0.326. The molecule has 0 saturated heterocycles. The number of rotatable bonds is 4. The fourth-order valence-corrected chi connectivity index (χ4v) is 4.76. The lowest BCUT2D eigenvalue weighted by Gasteiger charge is -2.30. The van der Waals surface area contributed by atoms with Crippen LogP contribution in [0.1, 0.15) is 22.3 Å². The molecule has 0 unspecified atom stereocenters. The molecule has 176 valence electrons. The molecule has 9 nitrogen and oxygen atoms in total. The van der Waals surface area contributed by atoms with Gasteiger partial charge in [0.1, 0.15) is 10.8 Å². The molecule has 2 amide bonds. The van der Waals surface area contributed by atoms with E-state index >= 15 is 0 Å². The third-order valence-electron chi connectivity index (χ3n) is 5.91. The predicted octanol–water partition coefficient (Wildman–Crippen LogP) is 3.86. The molecule has 0 radical (unpaired) electrons. The standard InChI is InChI=1S/C25H23N7O2S/c1-15(33)31(3)32(13-22-28-21(14-35-22)16-7-5-4-6-8-16)25(34)17-9-10-20-18(11-17)23-19(24(26)29-20)12-27-30(23)2/h4-12,14H,13H2,1-3H3,(H2,26,29). The first-order valence-electron chi connectivity index (χ1n) is 10.9. The number of fused-ring (bicyclic) bond motifs is 3. The predicted molar refractivity (Wildman–Crippen MR) is 136 cm³/mol. The summed E-state index contributed by atoms with van der Waals surface area (Å²) >= 11 is 1.45. The van der Waals surface area contributed by atoms with Crippen molar-refractivity contribution in [2.45, 2.75) is 13.5 Å². The molecule has 0 fully saturated rings. The molecule has 2 aromatic carbocycles. The monoisotopic (exact) mass is 485 g/mol. The number of hydrogen-bond acceptors (Lipinski definition) is 7. The van der Waals surface area contributed by atoms with Gasteiger partial charge < -0.3 is 5.73 Å². The normalized spacial score (nSPS) is 11.2. The van der Waals surface area contributed by atoms with Crippen LogP contribution in [0.25, 0.3) is 33.1 Å². The number of pyridine rings is 1. The van der Waals surface area contributed by atoms with Crippen molar-refractivity contribution in [2.24, 2.45) is 7.05 Å². The van der Waals surface area contributed by atoms with E-state index in [9.17, 15) is 9.59 Å². The summed E-state index contributed by atoms with van der Waals surface area (Å²) in [6, 6.07) is 15.0. The number of nitrogens with two attached hydrogens (primary N) is 1. The number of anilines is 1. The maximum atomic E-state index is 13.7. The van der Waals surface area contributed by atoms with Crippen LogP contribution >= 0.6 is 11.3 Å². The van der Waals surface area contributed by atoms with Crippen molar-refractivity contribution < 1.29 is 9.59 Å². The summed E-state index contributed by atoms with van der Waals surface area (Å²) in [5.74, 6) is -0.203. The number of amides is 2. The maximum Gasteiger partial charge on any atom is 0.272 e. The van der Waals surface area contributed by atoms with Crippen molar-refractivity contribution in [3.8, 4) is 11.3 Å². The zero-order valence-corrected chi connectivity index (χ0v) is 20.3. The minimum Gasteiger partial charge on any atom is -0.383 e. The van der Waals surface area contributed by atoms with Gasteiger partial charge in [-0.3, -0.25) is 19.3 Å². The van der Waals surface area contributed by atoms with Crippen molar-refractivity contribution >= 4 is 50.8 Å². The molecule has 10 heteroatoms. The zero-order valence-electron chi connectivity index (χ0n) is 19.5. The number of carbonyl (C=O) groups is 2. The molecule has 0 atom stereocenters. The van der Waals surface area contributed by atoms with Crippen LogP contribution < -0.4 is 5.73 Å². The van der Waals surface area contributed by atoms with Crippen LogP contribution in [-0.2, 0) is 18.4 Å². The molecule has 3 heterocycles. The number of benzene rings is 2. The Labute approximate surface area is 205 Å². The van der Waals surface area contributed by atoms with Crippen molar-refractivity contribution in [3.63, 3.8) is 0 Å². The molecule has 35 heavy (non-hydrogen) atoms. The summed E-state index contributed by atoms with van der Waals surface area (Å²) in [6.45, 7) is 1.58. The fraction of sp³-hybridized carbons (Fsp3) is 0.160. The number of carbonyl (C=O) groups excluding carboxylic acids is 2. The summed E-state index contributed by atoms with van der Waals surface area (Å²) in [7, 11) is 3.40. The van der Waals surface area contributed by atoms with E-state index in [0.29, 0.717) is 16.9 Å². The lowest BCUT2D eigenvalue weighted by molar-refractivity contribution is -0.140. The maximum absolute atomic E-state index is 13.7. The molecule has 2 N–H and O–H groups in total. The minimum absolute atomic E-state index is 0.158. The van der Waals surface area contributed by atoms with Crippen LogP contribution in [0, 0.1) is 0 Å². The quantitative estimate of drug-likeness (QED) is 0.387. The summed E-state index contributed by atoms with van der Waals surface area (Å²) < 4.78 is 1.71. The second-order valence-electron chi connectivity index (χ2n) is 8.16. The van der Waals surface area contributed by atoms with Gasteiger partial charge in [-0.2, -0.15) is 5.10 Å². The Hall–Kier alpha value is -4.31. The van der Waals surface area contributed by atoms with Crippen molar-refractivity contribution in [3.05, 3.63) is 70.7 Å². The summed E-state index contributed by atoms with van der Waals surface area (Å²) in [5, 5.41) is 11.2. The van der Waals surface area contributed by atoms with Gasteiger partial charge in [-0.15, -0.1) is 11.3 Å². The van der Waals surface area contributed by atoms with Gasteiger partial charge in [0.15, 0.2) is 0 Å². The van der Waals surface area contributed by atoms with Gasteiger partial charge in [0.05, 0.1) is 34.9 Å². The highest BCUT2D eigenvalue weighted by atomic mass is 32.1. The third kappa shape index (κ3) is 4.08. The Morgan fingerprint density at radius 1 is 1.09 bits per heavy atom. The van der Waals surface area contributed by atoms with Crippen LogP contribution in [0.15, 0.2) is 60.1 Å². The largest absolute Gasteiger partial charge is 0.383 e. The zero-order chi connectivity index (χ0) is 24.7. The second kappa shape index (κ2) is 8.80. The first-order valence-corrected chi connectivity index (χ1v) is 11.8. The number of nitrogens with zero attached hydrogens (tertiary/aromatic N) is 6. The van der Waals surface area contributed by atoms with E-state index in [1.54, 1.807) is 36.1 Å². The molecular formula is C25H23N7O2S. The number of hydrazine groups is 1. The number of hydrogen-bond donors (Lipinski definition) is 1. The van der Waals surface area contributed by atoms with Crippen LogP contribution in [0.4, 0.5) is 5.82 Å². The smallest absolute Gasteiger partial charge is 0.272 e. The highest BCUT2D eigenvalue weighted by molar-refractivity contribution is 7.09. The van der Waals surface area contributed by atoms with E-state index < -0.39 is 0 Å². The van der Waals surface area contributed by atoms with Gasteiger partial charge in [0, 0.05) is 42.9 Å². The van der Waals surface area contributed by atoms with E-state index in [-0.39, 0.29) is 18.4 Å². The van der Waals surface area contributed by atoms with Crippen molar-refractivity contribution in [1.82, 2.24) is 29.8 Å². The lowest BCUT2D eigenvalue weighted by Crippen LogP contribution is -2.46. The topological polar surface area (TPSA) is 110 Å². The lowest BCUT2D eigenvalue weighted by atomic mass is 10.1. The van der Waals surface area contributed by atoms with Crippen LogP contribution in [0.5, 0.6) is 0 Å². The SMILES string of the molecule is CC(=O)N(C)N(Cc1nc(-c2ccccc2)cs1)C(=O)c1ccc2nc(N)c3cnn(C)c3c2c1. The van der Waals surface area contributed by atoms with Crippen molar-refractivity contribution in [1.29, 1.82) is 0 Å². The van der Waals surface area contributed by atoms with E-state index in [4.69, 9.17) is 10.7 Å². The average molecular weight is 486 g/mol. The fourth-order valence-electron chi connectivity index (χ4n) is 3.98. The molecule has 0 saturated carbocycles. The molecule has 5 rings (SSSR count). The molecule has 0 aliphatic heterocycles. The molecule has 0 bridgehead atoms. The van der Waals surface area contributed by atoms with Crippen LogP contribution in [0.3, 0.4) is 0 Å². The number of aromatic nitrogens is 4. The van der Waals surface area contributed by atoms with Gasteiger partial charge in [-0.1, -0.05) is 30.3 Å². The van der Waals surface area contributed by atoms with E-state index in [1.165, 1.54) is 28.3 Å². The summed E-state index contributed by atoms with van der Waals surface area (Å²) in [6.07, 6.45) is 1.66. The highest BCUT2D eigenvalue weighted by Gasteiger charge is 2.25. The summed E-state index contributed by atoms with van der Waals surface area (Å²) in [5.41, 5.74) is 9.79. The van der Waals surface area contributed by atoms with Gasteiger partial charge in [-0.05, 0) is 18.2 Å². The van der Waals surface area contributed by atoms with Gasteiger partial charge >= 0.3 is 0 Å². The Kier molecular flexibility index (Phi) is 5.65. The third-order valence-corrected chi connectivity index (χ3v) is 6.75. The average Bonchev–Trinajstić information content (AvgIpc) is 3.49. The molecular weight excluding hydrogens is 462 g/mol. The van der Waals surface area contributed by atoms with Gasteiger partial charge in [0.25, 0.3) is 5.91 Å². The van der Waals surface area contributed by atoms with E-state index in [0.717, 1.165) is 32.6 Å². The molecule has 0 aliphatic carbocycles. The number of aryl methyl sites for hydroxylation is 1. The summed E-state index contributed by atoms with van der Waals surface area (Å²) in [4.78, 5) is 35.1. The molecule has 5 aromatic rings. The Balaban J connectivity index is 1.53. The molecule has 0 aliphatic rings. The first-order chi connectivity index (χ1) is 16.8. The van der Waals surface area contributed by atoms with Gasteiger partial charge in [0.2, 0.25) is 5.91 Å². The second-order valence-corrected chi connectivity index (χ2v) is 9.10. The Morgan fingerprint density at radius 3 is 2.60 bits per heavy atom. The Bertz CT molecular complexity index is 1580. The van der Waals surface area contributed by atoms with Crippen LogP contribution in [0.2, 0.25) is 0 Å². The van der Waals surface area contributed by atoms with Crippen molar-refractivity contribution in [2.75, 3.05) is 12.8 Å². The Morgan fingerprint density at radius 2 is 1.86 bits per heavy atom. The van der Waals surface area contributed by atoms with Crippen LogP contribution in [-0.4, -0.2) is 48.6 Å².